The van der Waals surface area contributed by atoms with Gasteiger partial charge in [0.2, 0.25) is 0 Å². The zero-order valence-corrected chi connectivity index (χ0v) is 11.4. The first kappa shape index (κ1) is 13.9. The van der Waals surface area contributed by atoms with E-state index < -0.39 is 0 Å². The SMILES string of the molecule is COc1cccc(C(=O)NCc2cnccc2C)c1O. The highest BCUT2D eigenvalue weighted by Gasteiger charge is 2.14. The Morgan fingerprint density at radius 3 is 2.90 bits per heavy atom. The number of nitrogens with one attached hydrogen (secondary N) is 1. The van der Waals surface area contributed by atoms with Crippen LogP contribution < -0.4 is 10.1 Å². The van der Waals surface area contributed by atoms with Crippen LogP contribution in [0.3, 0.4) is 0 Å². The van der Waals surface area contributed by atoms with E-state index >= 15 is 0 Å². The van der Waals surface area contributed by atoms with Gasteiger partial charge in [0.15, 0.2) is 11.5 Å². The van der Waals surface area contributed by atoms with E-state index in [1.165, 1.54) is 7.11 Å². The second-order valence-electron chi connectivity index (χ2n) is 4.34. The third kappa shape index (κ3) is 2.88. The van der Waals surface area contributed by atoms with Crippen LogP contribution in [-0.4, -0.2) is 23.1 Å². The van der Waals surface area contributed by atoms with Crippen molar-refractivity contribution in [2.24, 2.45) is 0 Å². The molecule has 5 nitrogen and oxygen atoms in total. The lowest BCUT2D eigenvalue weighted by Crippen LogP contribution is -2.23. The number of aromatic hydroxyl groups is 1. The molecule has 0 spiro atoms. The molecule has 1 heterocycles. The highest BCUT2D eigenvalue weighted by atomic mass is 16.5. The van der Waals surface area contributed by atoms with E-state index in [4.69, 9.17) is 4.74 Å². The zero-order valence-electron chi connectivity index (χ0n) is 11.4. The second kappa shape index (κ2) is 6.06. The van der Waals surface area contributed by atoms with Crippen molar-refractivity contribution in [3.63, 3.8) is 0 Å². The molecule has 2 aromatic rings. The van der Waals surface area contributed by atoms with Crippen molar-refractivity contribution < 1.29 is 14.6 Å². The maximum atomic E-state index is 12.1. The number of pyridine rings is 1. The number of para-hydroxylation sites is 1. The number of phenolic OH excluding ortho intramolecular Hbond substituents is 1. The van der Waals surface area contributed by atoms with Crippen LogP contribution in [0.4, 0.5) is 0 Å². The molecule has 0 aliphatic heterocycles. The van der Waals surface area contributed by atoms with Crippen molar-refractivity contribution in [3.8, 4) is 11.5 Å². The van der Waals surface area contributed by atoms with Gasteiger partial charge in [-0.2, -0.15) is 0 Å². The third-order valence-corrected chi connectivity index (χ3v) is 3.05. The van der Waals surface area contributed by atoms with Gasteiger partial charge in [0.1, 0.15) is 0 Å². The van der Waals surface area contributed by atoms with Crippen molar-refractivity contribution in [3.05, 3.63) is 53.3 Å². The molecule has 5 heteroatoms. The molecule has 0 fully saturated rings. The van der Waals surface area contributed by atoms with Crippen LogP contribution in [0.2, 0.25) is 0 Å². The minimum absolute atomic E-state index is 0.157. The largest absolute Gasteiger partial charge is 0.504 e. The van der Waals surface area contributed by atoms with Crippen LogP contribution in [0.25, 0.3) is 0 Å². The fraction of sp³-hybridized carbons (Fsp3) is 0.200. The molecule has 0 saturated heterocycles. The van der Waals surface area contributed by atoms with Gasteiger partial charge in [-0.05, 0) is 36.2 Å². The minimum atomic E-state index is -0.357. The fourth-order valence-corrected chi connectivity index (χ4v) is 1.82. The highest BCUT2D eigenvalue weighted by Crippen LogP contribution is 2.29. The normalized spacial score (nSPS) is 10.1. The van der Waals surface area contributed by atoms with Gasteiger partial charge in [0, 0.05) is 18.9 Å². The Labute approximate surface area is 117 Å². The van der Waals surface area contributed by atoms with E-state index in [-0.39, 0.29) is 23.0 Å². The smallest absolute Gasteiger partial charge is 0.255 e. The molecule has 1 aromatic carbocycles. The summed E-state index contributed by atoms with van der Waals surface area (Å²) in [5.41, 5.74) is 2.17. The number of hydrogen-bond donors (Lipinski definition) is 2. The van der Waals surface area contributed by atoms with E-state index in [1.807, 2.05) is 13.0 Å². The summed E-state index contributed by atoms with van der Waals surface area (Å²) >= 11 is 0. The predicted molar refractivity (Wildman–Crippen MR) is 74.8 cm³/mol. The molecular formula is C15H16N2O3. The fourth-order valence-electron chi connectivity index (χ4n) is 1.82. The Bertz CT molecular complexity index is 626. The van der Waals surface area contributed by atoms with Gasteiger partial charge in [-0.3, -0.25) is 9.78 Å². The maximum absolute atomic E-state index is 12.1. The zero-order chi connectivity index (χ0) is 14.5. The predicted octanol–water partition coefficient (Wildman–Crippen LogP) is 2.03. The van der Waals surface area contributed by atoms with Crippen LogP contribution in [0.5, 0.6) is 11.5 Å². The van der Waals surface area contributed by atoms with E-state index in [9.17, 15) is 9.90 Å². The summed E-state index contributed by atoms with van der Waals surface area (Å²) in [6.07, 6.45) is 3.41. The van der Waals surface area contributed by atoms with E-state index in [0.29, 0.717) is 6.54 Å². The lowest BCUT2D eigenvalue weighted by Gasteiger charge is -2.10. The van der Waals surface area contributed by atoms with Gasteiger partial charge < -0.3 is 15.2 Å². The molecule has 1 aromatic heterocycles. The number of carbonyl (C=O) groups is 1. The summed E-state index contributed by atoms with van der Waals surface area (Å²) in [7, 11) is 1.44. The molecule has 104 valence electrons. The van der Waals surface area contributed by atoms with Crippen LogP contribution in [-0.2, 0) is 6.54 Å². The van der Waals surface area contributed by atoms with Gasteiger partial charge in [-0.15, -0.1) is 0 Å². The number of ether oxygens (including phenoxy) is 1. The quantitative estimate of drug-likeness (QED) is 0.893. The van der Waals surface area contributed by atoms with Gasteiger partial charge in [-0.1, -0.05) is 6.07 Å². The first-order chi connectivity index (χ1) is 9.63. The van der Waals surface area contributed by atoms with E-state index in [2.05, 4.69) is 10.3 Å². The van der Waals surface area contributed by atoms with Crippen molar-refractivity contribution >= 4 is 5.91 Å². The standard InChI is InChI=1S/C15H16N2O3/c1-10-6-7-16-8-11(10)9-17-15(19)12-4-3-5-13(20-2)14(12)18/h3-8,18H,9H2,1-2H3,(H,17,19). The van der Waals surface area contributed by atoms with Crippen molar-refractivity contribution in [2.45, 2.75) is 13.5 Å². The summed E-state index contributed by atoms with van der Waals surface area (Å²) in [6, 6.07) is 6.67. The van der Waals surface area contributed by atoms with Crippen LogP contribution in [0.15, 0.2) is 36.7 Å². The number of methoxy groups -OCH3 is 1. The third-order valence-electron chi connectivity index (χ3n) is 3.05. The number of rotatable bonds is 4. The number of hydrogen-bond acceptors (Lipinski definition) is 4. The molecule has 0 bridgehead atoms. The van der Waals surface area contributed by atoms with Crippen molar-refractivity contribution in [1.29, 1.82) is 0 Å². The van der Waals surface area contributed by atoms with Crippen molar-refractivity contribution in [1.82, 2.24) is 10.3 Å². The Balaban J connectivity index is 2.12. The molecular weight excluding hydrogens is 256 g/mol. The minimum Gasteiger partial charge on any atom is -0.504 e. The first-order valence-electron chi connectivity index (χ1n) is 6.17. The molecule has 0 radical (unpaired) electrons. The molecule has 20 heavy (non-hydrogen) atoms. The van der Waals surface area contributed by atoms with Crippen molar-refractivity contribution in [2.75, 3.05) is 7.11 Å². The number of benzene rings is 1. The summed E-state index contributed by atoms with van der Waals surface area (Å²) in [4.78, 5) is 16.1. The average molecular weight is 272 g/mol. The van der Waals surface area contributed by atoms with E-state index in [1.54, 1.807) is 30.6 Å². The topological polar surface area (TPSA) is 71.5 Å². The first-order valence-corrected chi connectivity index (χ1v) is 6.17. The lowest BCUT2D eigenvalue weighted by molar-refractivity contribution is 0.0947. The molecule has 2 rings (SSSR count). The summed E-state index contributed by atoms with van der Waals surface area (Å²) < 4.78 is 4.98. The molecule has 1 amide bonds. The number of phenols is 1. The Hall–Kier alpha value is -2.56. The van der Waals surface area contributed by atoms with Gasteiger partial charge >= 0.3 is 0 Å². The van der Waals surface area contributed by atoms with Gasteiger partial charge in [0.25, 0.3) is 5.91 Å². The molecule has 0 atom stereocenters. The monoisotopic (exact) mass is 272 g/mol. The van der Waals surface area contributed by atoms with Crippen LogP contribution >= 0.6 is 0 Å². The second-order valence-corrected chi connectivity index (χ2v) is 4.34. The lowest BCUT2D eigenvalue weighted by atomic mass is 10.1. The number of amides is 1. The molecule has 2 N–H and O–H groups in total. The van der Waals surface area contributed by atoms with E-state index in [0.717, 1.165) is 11.1 Å². The number of nitrogens with zero attached hydrogens (tertiary/aromatic N) is 1. The number of carbonyl (C=O) groups excluding carboxylic acids is 1. The molecule has 0 aliphatic rings. The molecule has 0 saturated carbocycles. The molecule has 0 unspecified atom stereocenters. The highest BCUT2D eigenvalue weighted by molar-refractivity contribution is 5.97. The van der Waals surface area contributed by atoms with Crippen LogP contribution in [0.1, 0.15) is 21.5 Å². The van der Waals surface area contributed by atoms with Gasteiger partial charge in [0.05, 0.1) is 12.7 Å². The molecule has 0 aliphatic carbocycles. The number of aromatic nitrogens is 1. The maximum Gasteiger partial charge on any atom is 0.255 e. The number of aryl methyl sites for hydroxylation is 1. The summed E-state index contributed by atoms with van der Waals surface area (Å²) in [6.45, 7) is 2.31. The summed E-state index contributed by atoms with van der Waals surface area (Å²) in [5, 5.41) is 12.7. The Morgan fingerprint density at radius 1 is 1.40 bits per heavy atom. The average Bonchev–Trinajstić information content (AvgIpc) is 2.46. The Kier molecular flexibility index (Phi) is 4.20. The van der Waals surface area contributed by atoms with Gasteiger partial charge in [-0.25, -0.2) is 0 Å². The van der Waals surface area contributed by atoms with Crippen LogP contribution in [0, 0.1) is 6.92 Å². The summed E-state index contributed by atoms with van der Waals surface area (Å²) in [5.74, 6) is -0.240. The Morgan fingerprint density at radius 2 is 2.20 bits per heavy atom.